The molecular weight excluding hydrogens is 480 g/mol. The SMILES string of the molecule is C.O=C(C[N+]12CCC(CC1)[C@@H](OC(=O)[C@@H](Nc1ccccc1)c1ccccc1)C2)c1ccc(Cl)s1. The number of halogens is 1. The number of carbonyl (C=O) groups is 2. The third kappa shape index (κ3) is 5.77. The lowest BCUT2D eigenvalue weighted by molar-refractivity contribution is -0.938. The number of nitrogens with one attached hydrogen (secondary N) is 1. The number of esters is 1. The fourth-order valence-electron chi connectivity index (χ4n) is 5.27. The van der Waals surface area contributed by atoms with Gasteiger partial charge in [0.1, 0.15) is 13.1 Å². The van der Waals surface area contributed by atoms with Crippen molar-refractivity contribution in [1.82, 2.24) is 0 Å². The van der Waals surface area contributed by atoms with E-state index in [1.807, 2.05) is 66.7 Å². The summed E-state index contributed by atoms with van der Waals surface area (Å²) >= 11 is 7.37. The third-order valence-corrected chi connectivity index (χ3v) is 8.36. The summed E-state index contributed by atoms with van der Waals surface area (Å²) in [6.07, 6.45) is 1.76. The molecule has 0 saturated carbocycles. The number of benzene rings is 2. The van der Waals surface area contributed by atoms with E-state index in [4.69, 9.17) is 16.3 Å². The highest BCUT2D eigenvalue weighted by atomic mass is 35.5. The van der Waals surface area contributed by atoms with E-state index in [2.05, 4.69) is 5.32 Å². The van der Waals surface area contributed by atoms with Gasteiger partial charge >= 0.3 is 5.97 Å². The van der Waals surface area contributed by atoms with E-state index >= 15 is 0 Å². The largest absolute Gasteiger partial charge is 0.454 e. The molecule has 2 bridgehead atoms. The molecule has 0 unspecified atom stereocenters. The van der Waals surface area contributed by atoms with Gasteiger partial charge in [-0.2, -0.15) is 0 Å². The predicted molar refractivity (Wildman–Crippen MR) is 142 cm³/mol. The highest BCUT2D eigenvalue weighted by Crippen LogP contribution is 2.37. The van der Waals surface area contributed by atoms with E-state index in [-0.39, 0.29) is 25.3 Å². The van der Waals surface area contributed by atoms with Crippen molar-refractivity contribution in [2.75, 3.05) is 31.5 Å². The van der Waals surface area contributed by atoms with Crippen molar-refractivity contribution >= 4 is 40.4 Å². The first-order chi connectivity index (χ1) is 16.5. The van der Waals surface area contributed by atoms with E-state index < -0.39 is 6.04 Å². The Morgan fingerprint density at radius 2 is 1.66 bits per heavy atom. The van der Waals surface area contributed by atoms with Crippen LogP contribution < -0.4 is 5.32 Å². The number of ketones is 1. The normalized spacial score (nSPS) is 23.7. The van der Waals surface area contributed by atoms with Crippen LogP contribution in [0.5, 0.6) is 0 Å². The van der Waals surface area contributed by atoms with Crippen LogP contribution in [0.3, 0.4) is 0 Å². The van der Waals surface area contributed by atoms with Crippen LogP contribution in [0.15, 0.2) is 72.8 Å². The molecule has 1 aromatic heterocycles. The average Bonchev–Trinajstić information content (AvgIpc) is 3.31. The second kappa shape index (κ2) is 10.9. The van der Waals surface area contributed by atoms with Gasteiger partial charge in [0.15, 0.2) is 12.1 Å². The van der Waals surface area contributed by atoms with Gasteiger partial charge in [0, 0.05) is 24.4 Å². The van der Waals surface area contributed by atoms with Crippen LogP contribution in [0, 0.1) is 5.92 Å². The Labute approximate surface area is 216 Å². The fraction of sp³-hybridized carbons (Fsp3) is 0.357. The second-order valence-corrected chi connectivity index (χ2v) is 11.0. The van der Waals surface area contributed by atoms with Crippen LogP contribution in [0.25, 0.3) is 0 Å². The van der Waals surface area contributed by atoms with Crippen molar-refractivity contribution < 1.29 is 18.8 Å². The Kier molecular flexibility index (Phi) is 7.95. The van der Waals surface area contributed by atoms with Gasteiger partial charge < -0.3 is 14.5 Å². The molecule has 3 fully saturated rings. The maximum absolute atomic E-state index is 13.5. The molecule has 3 aliphatic rings. The molecule has 7 heteroatoms. The summed E-state index contributed by atoms with van der Waals surface area (Å²) in [6.45, 7) is 3.03. The van der Waals surface area contributed by atoms with Crippen LogP contribution in [-0.4, -0.2) is 48.5 Å². The van der Waals surface area contributed by atoms with Gasteiger partial charge in [-0.25, -0.2) is 4.79 Å². The Hall–Kier alpha value is -2.67. The second-order valence-electron chi connectivity index (χ2n) is 9.32. The van der Waals surface area contributed by atoms with Gasteiger partial charge in [-0.15, -0.1) is 11.3 Å². The third-order valence-electron chi connectivity index (χ3n) is 7.09. The molecule has 2 aromatic carbocycles. The molecule has 4 heterocycles. The summed E-state index contributed by atoms with van der Waals surface area (Å²) in [6, 6.07) is 22.4. The van der Waals surface area contributed by atoms with Gasteiger partial charge in [-0.3, -0.25) is 4.79 Å². The Balaban J connectivity index is 0.00000289. The van der Waals surface area contributed by atoms with E-state index in [1.54, 1.807) is 6.07 Å². The molecule has 3 aliphatic heterocycles. The number of anilines is 1. The van der Waals surface area contributed by atoms with Crippen molar-refractivity contribution in [1.29, 1.82) is 0 Å². The Bertz CT molecular complexity index is 1140. The lowest BCUT2D eigenvalue weighted by Gasteiger charge is -2.51. The van der Waals surface area contributed by atoms with Crippen LogP contribution >= 0.6 is 22.9 Å². The lowest BCUT2D eigenvalue weighted by Crippen LogP contribution is -2.65. The Morgan fingerprint density at radius 1 is 1.00 bits per heavy atom. The lowest BCUT2D eigenvalue weighted by atomic mass is 9.83. The number of rotatable bonds is 8. The van der Waals surface area contributed by atoms with Gasteiger partial charge in [0.2, 0.25) is 5.78 Å². The number of hydrogen-bond donors (Lipinski definition) is 1. The average molecular weight is 512 g/mol. The van der Waals surface area contributed by atoms with E-state index in [9.17, 15) is 9.59 Å². The first kappa shape index (κ1) is 25.4. The molecule has 3 aromatic rings. The van der Waals surface area contributed by atoms with Crippen molar-refractivity contribution in [3.8, 4) is 0 Å². The number of nitrogens with zero attached hydrogens (tertiary/aromatic N) is 1. The van der Waals surface area contributed by atoms with Gasteiger partial charge in [-0.1, -0.05) is 67.6 Å². The van der Waals surface area contributed by atoms with Gasteiger partial charge in [0.25, 0.3) is 0 Å². The molecule has 2 atom stereocenters. The summed E-state index contributed by atoms with van der Waals surface area (Å²) < 4.78 is 7.50. The van der Waals surface area contributed by atoms with Crippen LogP contribution in [0.1, 0.15) is 41.5 Å². The van der Waals surface area contributed by atoms with Crippen LogP contribution in [-0.2, 0) is 9.53 Å². The first-order valence-electron chi connectivity index (χ1n) is 11.7. The quantitative estimate of drug-likeness (QED) is 0.221. The zero-order valence-corrected chi connectivity index (χ0v) is 20.4. The first-order valence-corrected chi connectivity index (χ1v) is 12.9. The molecule has 0 spiro atoms. The number of hydrogen-bond acceptors (Lipinski definition) is 5. The summed E-state index contributed by atoms with van der Waals surface area (Å²) in [7, 11) is 0. The van der Waals surface area contributed by atoms with E-state index in [0.717, 1.165) is 37.2 Å². The fourth-order valence-corrected chi connectivity index (χ4v) is 6.24. The number of thiophene rings is 1. The van der Waals surface area contributed by atoms with Crippen molar-refractivity contribution in [2.24, 2.45) is 5.92 Å². The molecule has 184 valence electrons. The maximum Gasteiger partial charge on any atom is 0.333 e. The maximum atomic E-state index is 13.5. The Morgan fingerprint density at radius 3 is 2.29 bits per heavy atom. The number of ether oxygens (including phenoxy) is 1. The molecule has 3 saturated heterocycles. The molecule has 0 amide bonds. The molecule has 6 rings (SSSR count). The van der Waals surface area contributed by atoms with Crippen molar-refractivity contribution in [3.63, 3.8) is 0 Å². The minimum absolute atomic E-state index is 0. The number of Topliss-reactive ketones (excluding diaryl/α,β-unsaturated/α-hetero) is 1. The van der Waals surface area contributed by atoms with Crippen molar-refractivity contribution in [2.45, 2.75) is 32.4 Å². The minimum atomic E-state index is -0.595. The van der Waals surface area contributed by atoms with Gasteiger partial charge in [-0.05, 0) is 29.8 Å². The molecule has 35 heavy (non-hydrogen) atoms. The summed E-state index contributed by atoms with van der Waals surface area (Å²) in [5.74, 6) is 0.196. The highest BCUT2D eigenvalue weighted by molar-refractivity contribution is 7.18. The van der Waals surface area contributed by atoms with Crippen LogP contribution in [0.2, 0.25) is 4.34 Å². The number of piperidine rings is 3. The zero-order valence-electron chi connectivity index (χ0n) is 18.9. The smallest absolute Gasteiger partial charge is 0.333 e. The predicted octanol–water partition coefficient (Wildman–Crippen LogP) is 6.23. The molecule has 0 aliphatic carbocycles. The topological polar surface area (TPSA) is 55.4 Å². The number of quaternary nitrogens is 1. The number of carbonyl (C=O) groups excluding carboxylic acids is 2. The monoisotopic (exact) mass is 511 g/mol. The van der Waals surface area contributed by atoms with Gasteiger partial charge in [0.05, 0.1) is 22.3 Å². The summed E-state index contributed by atoms with van der Waals surface area (Å²) in [5, 5.41) is 3.35. The minimum Gasteiger partial charge on any atom is -0.454 e. The van der Waals surface area contributed by atoms with Crippen LogP contribution in [0.4, 0.5) is 5.69 Å². The molecule has 5 nitrogen and oxygen atoms in total. The highest BCUT2D eigenvalue weighted by Gasteiger charge is 2.49. The number of para-hydroxylation sites is 1. The van der Waals surface area contributed by atoms with Crippen molar-refractivity contribution in [3.05, 3.63) is 87.6 Å². The van der Waals surface area contributed by atoms with E-state index in [1.165, 1.54) is 11.3 Å². The molecular formula is C28H32ClN2O3S+. The molecule has 0 radical (unpaired) electrons. The summed E-state index contributed by atoms with van der Waals surface area (Å²) in [5.41, 5.74) is 1.73. The van der Waals surface area contributed by atoms with E-state index in [0.29, 0.717) is 32.7 Å². The number of fused-ring (bicyclic) bond motifs is 3. The standard InChI is InChI=1S/C27H28ClN2O3S.CH4/c28-25-12-11-24(34-25)22(31)17-30-15-13-19(14-16-30)23(18-30)33-27(32)26(20-7-3-1-4-8-20)29-21-9-5-2-6-10-21;/h1-12,19,23,26,29H,13-18H2;1H4/q+1;/t19?,23-,26-,30?;/m0./s1. The summed E-state index contributed by atoms with van der Waals surface area (Å²) in [4.78, 5) is 27.1. The zero-order chi connectivity index (χ0) is 23.5. The molecule has 1 N–H and O–H groups in total.